The third kappa shape index (κ3) is 3.58. The number of anilines is 1. The molecule has 0 radical (unpaired) electrons. The minimum atomic E-state index is -0.852. The molecule has 6 nitrogen and oxygen atoms in total. The fourth-order valence-corrected chi connectivity index (χ4v) is 4.57. The van der Waals surface area contributed by atoms with Crippen LogP contribution in [-0.4, -0.2) is 38.1 Å². The second-order valence-electron chi connectivity index (χ2n) is 7.38. The molecule has 4 aromatic heterocycles. The molecular formula is C23H21N5OS. The van der Waals surface area contributed by atoms with E-state index in [0.29, 0.717) is 31.9 Å². The summed E-state index contributed by atoms with van der Waals surface area (Å²) in [6.07, 6.45) is 8.34. The Kier molecular flexibility index (Phi) is 4.98. The van der Waals surface area contributed by atoms with Crippen molar-refractivity contribution < 1.29 is 5.11 Å². The first-order valence-corrected chi connectivity index (χ1v) is 10.8. The van der Waals surface area contributed by atoms with Gasteiger partial charge in [0.1, 0.15) is 0 Å². The second kappa shape index (κ2) is 7.93. The molecule has 4 aromatic rings. The number of thiophene rings is 1. The Hall–Kier alpha value is -3.16. The second-order valence-corrected chi connectivity index (χ2v) is 8.33. The Bertz CT molecular complexity index is 1110. The summed E-state index contributed by atoms with van der Waals surface area (Å²) in [6, 6.07) is 13.8. The van der Waals surface area contributed by atoms with Crippen LogP contribution in [0.25, 0.3) is 21.8 Å². The van der Waals surface area contributed by atoms with Crippen molar-refractivity contribution in [2.24, 2.45) is 0 Å². The van der Waals surface area contributed by atoms with Crippen LogP contribution in [0.5, 0.6) is 0 Å². The molecule has 0 spiro atoms. The van der Waals surface area contributed by atoms with Gasteiger partial charge in [-0.1, -0.05) is 18.2 Å². The number of pyridine rings is 2. The van der Waals surface area contributed by atoms with Crippen molar-refractivity contribution in [1.29, 1.82) is 0 Å². The van der Waals surface area contributed by atoms with E-state index in [1.54, 1.807) is 29.9 Å². The Balaban J connectivity index is 1.44. The highest BCUT2D eigenvalue weighted by Gasteiger charge is 2.35. The number of nitrogens with zero attached hydrogens (tertiary/aromatic N) is 5. The van der Waals surface area contributed by atoms with Crippen molar-refractivity contribution in [3.8, 4) is 21.8 Å². The first-order valence-electron chi connectivity index (χ1n) is 9.93. The first-order chi connectivity index (χ1) is 14.7. The van der Waals surface area contributed by atoms with E-state index < -0.39 is 5.60 Å². The average molecular weight is 416 g/mol. The zero-order chi connectivity index (χ0) is 20.4. The van der Waals surface area contributed by atoms with Gasteiger partial charge in [-0.3, -0.25) is 9.97 Å². The molecule has 1 N–H and O–H groups in total. The molecule has 1 aliphatic rings. The van der Waals surface area contributed by atoms with Crippen LogP contribution in [0, 0.1) is 0 Å². The van der Waals surface area contributed by atoms with Crippen molar-refractivity contribution in [2.45, 2.75) is 18.4 Å². The summed E-state index contributed by atoms with van der Waals surface area (Å²) in [5.74, 6) is 0.686. The highest BCUT2D eigenvalue weighted by Crippen LogP contribution is 2.36. The highest BCUT2D eigenvalue weighted by atomic mass is 32.1. The maximum absolute atomic E-state index is 11.1. The smallest absolute Gasteiger partial charge is 0.225 e. The van der Waals surface area contributed by atoms with Crippen molar-refractivity contribution in [3.05, 3.63) is 78.2 Å². The summed E-state index contributed by atoms with van der Waals surface area (Å²) < 4.78 is 0. The van der Waals surface area contributed by atoms with Gasteiger partial charge in [0.05, 0.1) is 21.9 Å². The lowest BCUT2D eigenvalue weighted by Crippen LogP contribution is -2.43. The van der Waals surface area contributed by atoms with E-state index in [9.17, 15) is 5.11 Å². The summed E-state index contributed by atoms with van der Waals surface area (Å²) in [7, 11) is 0. The largest absolute Gasteiger partial charge is 0.385 e. The van der Waals surface area contributed by atoms with Crippen LogP contribution in [0.3, 0.4) is 0 Å². The zero-order valence-electron chi connectivity index (χ0n) is 16.3. The Morgan fingerprint density at radius 3 is 2.53 bits per heavy atom. The predicted octanol–water partition coefficient (Wildman–Crippen LogP) is 4.15. The number of hydrogen-bond donors (Lipinski definition) is 1. The van der Waals surface area contributed by atoms with E-state index in [2.05, 4.69) is 25.9 Å². The van der Waals surface area contributed by atoms with Crippen LogP contribution in [0.15, 0.2) is 72.6 Å². The number of rotatable bonds is 4. The van der Waals surface area contributed by atoms with Gasteiger partial charge in [0, 0.05) is 49.0 Å². The molecule has 0 atom stereocenters. The van der Waals surface area contributed by atoms with Crippen LogP contribution >= 0.6 is 11.3 Å². The summed E-state index contributed by atoms with van der Waals surface area (Å²) in [4.78, 5) is 21.5. The van der Waals surface area contributed by atoms with Gasteiger partial charge in [-0.2, -0.15) is 0 Å². The standard InChI is InChI=1S/C23H21N5OS/c29-23(17-5-3-10-24-15-17)8-12-28(13-9-23)22-26-16-18(19-6-1-2-11-25-19)21(27-22)20-7-4-14-30-20/h1-7,10-11,14-16,29H,8-9,12-13H2. The Morgan fingerprint density at radius 1 is 0.933 bits per heavy atom. The van der Waals surface area contributed by atoms with Crippen LogP contribution in [0.4, 0.5) is 5.95 Å². The fourth-order valence-electron chi connectivity index (χ4n) is 3.84. The van der Waals surface area contributed by atoms with Gasteiger partial charge in [-0.15, -0.1) is 11.3 Å². The Labute approximate surface area is 178 Å². The third-order valence-electron chi connectivity index (χ3n) is 5.54. The molecule has 150 valence electrons. The lowest BCUT2D eigenvalue weighted by molar-refractivity contribution is 0.0112. The highest BCUT2D eigenvalue weighted by molar-refractivity contribution is 7.13. The van der Waals surface area contributed by atoms with Crippen molar-refractivity contribution in [3.63, 3.8) is 0 Å². The quantitative estimate of drug-likeness (QED) is 0.540. The Morgan fingerprint density at radius 2 is 1.83 bits per heavy atom. The van der Waals surface area contributed by atoms with Crippen LogP contribution in [0.1, 0.15) is 18.4 Å². The summed E-state index contributed by atoms with van der Waals surface area (Å²) in [5.41, 5.74) is 2.69. The molecule has 1 aliphatic heterocycles. The zero-order valence-corrected chi connectivity index (χ0v) is 17.2. The van der Waals surface area contributed by atoms with E-state index in [1.807, 2.05) is 48.0 Å². The molecule has 0 bridgehead atoms. The number of hydrogen-bond acceptors (Lipinski definition) is 7. The monoisotopic (exact) mass is 415 g/mol. The molecule has 30 heavy (non-hydrogen) atoms. The molecule has 5 rings (SSSR count). The summed E-state index contributed by atoms with van der Waals surface area (Å²) in [5, 5.41) is 13.1. The van der Waals surface area contributed by atoms with E-state index in [-0.39, 0.29) is 0 Å². The topological polar surface area (TPSA) is 75.0 Å². The fraction of sp³-hybridized carbons (Fsp3) is 0.217. The minimum absolute atomic E-state index is 0.610. The first kappa shape index (κ1) is 18.8. The molecule has 0 aromatic carbocycles. The van der Waals surface area contributed by atoms with Crippen LogP contribution < -0.4 is 4.90 Å². The molecular weight excluding hydrogens is 394 g/mol. The number of aliphatic hydroxyl groups is 1. The maximum Gasteiger partial charge on any atom is 0.225 e. The molecule has 1 saturated heterocycles. The molecule has 1 fully saturated rings. The average Bonchev–Trinajstić information content (AvgIpc) is 3.35. The van der Waals surface area contributed by atoms with Gasteiger partial charge >= 0.3 is 0 Å². The molecule has 0 amide bonds. The van der Waals surface area contributed by atoms with Gasteiger partial charge in [-0.25, -0.2) is 9.97 Å². The lowest BCUT2D eigenvalue weighted by atomic mass is 9.85. The van der Waals surface area contributed by atoms with E-state index in [0.717, 1.165) is 27.4 Å². The van der Waals surface area contributed by atoms with Gasteiger partial charge in [-0.05, 0) is 42.5 Å². The molecule has 5 heterocycles. The molecule has 0 aliphatic carbocycles. The predicted molar refractivity (Wildman–Crippen MR) is 118 cm³/mol. The normalized spacial score (nSPS) is 15.8. The maximum atomic E-state index is 11.1. The van der Waals surface area contributed by atoms with Crippen molar-refractivity contribution in [2.75, 3.05) is 18.0 Å². The lowest BCUT2D eigenvalue weighted by Gasteiger charge is -2.38. The van der Waals surface area contributed by atoms with Gasteiger partial charge in [0.15, 0.2) is 0 Å². The minimum Gasteiger partial charge on any atom is -0.385 e. The van der Waals surface area contributed by atoms with Gasteiger partial charge < -0.3 is 10.0 Å². The van der Waals surface area contributed by atoms with E-state index in [1.165, 1.54) is 0 Å². The summed E-state index contributed by atoms with van der Waals surface area (Å²) in [6.45, 7) is 1.36. The van der Waals surface area contributed by atoms with Crippen LogP contribution in [-0.2, 0) is 5.60 Å². The third-order valence-corrected chi connectivity index (χ3v) is 6.42. The number of piperidine rings is 1. The van der Waals surface area contributed by atoms with E-state index >= 15 is 0 Å². The van der Waals surface area contributed by atoms with Gasteiger partial charge in [0.2, 0.25) is 5.95 Å². The molecule has 0 saturated carbocycles. The SMILES string of the molecule is OC1(c2cccnc2)CCN(c2ncc(-c3ccccn3)c(-c3cccs3)n2)CC1. The molecule has 0 unspecified atom stereocenters. The van der Waals surface area contributed by atoms with Gasteiger partial charge in [0.25, 0.3) is 0 Å². The number of aromatic nitrogens is 4. The van der Waals surface area contributed by atoms with E-state index in [4.69, 9.17) is 4.98 Å². The van der Waals surface area contributed by atoms with Crippen molar-refractivity contribution in [1.82, 2.24) is 19.9 Å². The summed E-state index contributed by atoms with van der Waals surface area (Å²) >= 11 is 1.65. The van der Waals surface area contributed by atoms with Crippen LogP contribution in [0.2, 0.25) is 0 Å². The van der Waals surface area contributed by atoms with Crippen molar-refractivity contribution >= 4 is 17.3 Å². The molecule has 7 heteroatoms.